The van der Waals surface area contributed by atoms with Gasteiger partial charge in [0.1, 0.15) is 0 Å². The summed E-state index contributed by atoms with van der Waals surface area (Å²) in [5.41, 5.74) is 1.48. The Morgan fingerprint density at radius 1 is 1.40 bits per heavy atom. The maximum absolute atomic E-state index is 11.6. The standard InChI is InChI=1S/C12H12O3/c1-3-8-7(2)9-5-4-6-10(13)11(9)15-12(8)14/h4-6,13H,3H2,1-2H3. The molecule has 0 saturated heterocycles. The summed E-state index contributed by atoms with van der Waals surface area (Å²) in [5, 5.41) is 10.3. The minimum Gasteiger partial charge on any atom is -0.504 e. The summed E-state index contributed by atoms with van der Waals surface area (Å²) in [5.74, 6) is 0.00959. The van der Waals surface area contributed by atoms with Crippen LogP contribution >= 0.6 is 0 Å². The maximum Gasteiger partial charge on any atom is 0.339 e. The average molecular weight is 204 g/mol. The van der Waals surface area contributed by atoms with Crippen LogP contribution in [0.2, 0.25) is 0 Å². The lowest BCUT2D eigenvalue weighted by molar-refractivity contribution is 0.455. The van der Waals surface area contributed by atoms with E-state index in [2.05, 4.69) is 0 Å². The van der Waals surface area contributed by atoms with Gasteiger partial charge in [-0.05, 0) is 25.0 Å². The quantitative estimate of drug-likeness (QED) is 0.725. The van der Waals surface area contributed by atoms with Crippen molar-refractivity contribution in [2.45, 2.75) is 20.3 Å². The van der Waals surface area contributed by atoms with Gasteiger partial charge in [0.2, 0.25) is 0 Å². The molecule has 0 bridgehead atoms. The van der Waals surface area contributed by atoms with Crippen LogP contribution in [0.3, 0.4) is 0 Å². The fourth-order valence-corrected chi connectivity index (χ4v) is 1.81. The number of hydrogen-bond acceptors (Lipinski definition) is 3. The van der Waals surface area contributed by atoms with Gasteiger partial charge in [-0.15, -0.1) is 0 Å². The predicted octanol–water partition coefficient (Wildman–Crippen LogP) is 2.37. The molecule has 0 atom stereocenters. The first-order valence-electron chi connectivity index (χ1n) is 4.89. The summed E-state index contributed by atoms with van der Waals surface area (Å²) in [6, 6.07) is 5.09. The van der Waals surface area contributed by atoms with Crippen LogP contribution in [-0.4, -0.2) is 5.11 Å². The first-order chi connectivity index (χ1) is 7.15. The third-order valence-corrected chi connectivity index (χ3v) is 2.65. The van der Waals surface area contributed by atoms with Crippen LogP contribution in [0.5, 0.6) is 5.75 Å². The van der Waals surface area contributed by atoms with E-state index in [4.69, 9.17) is 4.42 Å². The topological polar surface area (TPSA) is 50.4 Å². The molecule has 15 heavy (non-hydrogen) atoms. The van der Waals surface area contributed by atoms with E-state index in [9.17, 15) is 9.90 Å². The Hall–Kier alpha value is -1.77. The van der Waals surface area contributed by atoms with Gasteiger partial charge >= 0.3 is 5.63 Å². The molecule has 0 aliphatic rings. The normalized spacial score (nSPS) is 10.8. The molecule has 1 aromatic carbocycles. The van der Waals surface area contributed by atoms with Crippen LogP contribution in [-0.2, 0) is 6.42 Å². The zero-order valence-electron chi connectivity index (χ0n) is 8.70. The zero-order chi connectivity index (χ0) is 11.0. The van der Waals surface area contributed by atoms with Gasteiger partial charge in [-0.3, -0.25) is 0 Å². The first kappa shape index (κ1) is 9.77. The van der Waals surface area contributed by atoms with Crippen molar-refractivity contribution in [2.75, 3.05) is 0 Å². The summed E-state index contributed by atoms with van der Waals surface area (Å²) >= 11 is 0. The summed E-state index contributed by atoms with van der Waals surface area (Å²) in [4.78, 5) is 11.6. The number of rotatable bonds is 1. The Morgan fingerprint density at radius 3 is 2.80 bits per heavy atom. The van der Waals surface area contributed by atoms with Gasteiger partial charge in [0.25, 0.3) is 0 Å². The molecule has 0 saturated carbocycles. The second kappa shape index (κ2) is 3.42. The van der Waals surface area contributed by atoms with Crippen molar-refractivity contribution < 1.29 is 9.52 Å². The Kier molecular flexibility index (Phi) is 2.23. The molecule has 78 valence electrons. The van der Waals surface area contributed by atoms with Crippen LogP contribution in [0, 0.1) is 6.92 Å². The minimum atomic E-state index is -0.357. The molecule has 1 heterocycles. The Morgan fingerprint density at radius 2 is 2.13 bits per heavy atom. The fraction of sp³-hybridized carbons (Fsp3) is 0.250. The highest BCUT2D eigenvalue weighted by molar-refractivity contribution is 5.85. The second-order valence-electron chi connectivity index (χ2n) is 3.50. The van der Waals surface area contributed by atoms with E-state index in [0.29, 0.717) is 12.0 Å². The number of aromatic hydroxyl groups is 1. The van der Waals surface area contributed by atoms with Gasteiger partial charge in [-0.1, -0.05) is 19.1 Å². The molecule has 0 fully saturated rings. The molecule has 0 radical (unpaired) electrons. The van der Waals surface area contributed by atoms with Gasteiger partial charge in [0.15, 0.2) is 11.3 Å². The molecule has 3 heteroatoms. The molecule has 0 aliphatic carbocycles. The molecular weight excluding hydrogens is 192 g/mol. The van der Waals surface area contributed by atoms with Crippen molar-refractivity contribution in [1.29, 1.82) is 0 Å². The Labute approximate surface area is 87.0 Å². The first-order valence-corrected chi connectivity index (χ1v) is 4.89. The number of hydrogen-bond donors (Lipinski definition) is 1. The third kappa shape index (κ3) is 1.40. The summed E-state index contributed by atoms with van der Waals surface area (Å²) in [6.45, 7) is 3.78. The number of para-hydroxylation sites is 1. The molecule has 0 unspecified atom stereocenters. The van der Waals surface area contributed by atoms with Crippen LogP contribution in [0.4, 0.5) is 0 Å². The SMILES string of the molecule is CCc1c(C)c2cccc(O)c2oc1=O. The van der Waals surface area contributed by atoms with Crippen LogP contribution in [0.15, 0.2) is 27.4 Å². The lowest BCUT2D eigenvalue weighted by Crippen LogP contribution is -2.08. The highest BCUT2D eigenvalue weighted by atomic mass is 16.4. The Balaban J connectivity index is 2.97. The molecule has 3 nitrogen and oxygen atoms in total. The maximum atomic E-state index is 11.6. The predicted molar refractivity (Wildman–Crippen MR) is 58.3 cm³/mol. The van der Waals surface area contributed by atoms with Gasteiger partial charge in [-0.25, -0.2) is 4.79 Å². The molecule has 1 N–H and O–H groups in total. The second-order valence-corrected chi connectivity index (χ2v) is 3.50. The molecule has 2 aromatic rings. The van der Waals surface area contributed by atoms with Crippen LogP contribution in [0.1, 0.15) is 18.1 Å². The lowest BCUT2D eigenvalue weighted by Gasteiger charge is -2.06. The zero-order valence-corrected chi connectivity index (χ0v) is 8.70. The van der Waals surface area contributed by atoms with Crippen molar-refractivity contribution in [3.63, 3.8) is 0 Å². The summed E-state index contributed by atoms with van der Waals surface area (Å²) in [6.07, 6.45) is 0.639. The molecule has 1 aromatic heterocycles. The van der Waals surface area contributed by atoms with Crippen molar-refractivity contribution >= 4 is 11.0 Å². The van der Waals surface area contributed by atoms with Crippen LogP contribution < -0.4 is 5.63 Å². The molecular formula is C12H12O3. The smallest absolute Gasteiger partial charge is 0.339 e. The summed E-state index contributed by atoms with van der Waals surface area (Å²) < 4.78 is 5.09. The largest absolute Gasteiger partial charge is 0.504 e. The minimum absolute atomic E-state index is 0.00959. The third-order valence-electron chi connectivity index (χ3n) is 2.65. The van der Waals surface area contributed by atoms with Crippen molar-refractivity contribution in [2.24, 2.45) is 0 Å². The monoisotopic (exact) mass is 204 g/mol. The Bertz CT molecular complexity index is 567. The van der Waals surface area contributed by atoms with E-state index in [1.54, 1.807) is 6.07 Å². The van der Waals surface area contributed by atoms with Crippen LogP contribution in [0.25, 0.3) is 11.0 Å². The number of aryl methyl sites for hydroxylation is 1. The summed E-state index contributed by atoms with van der Waals surface area (Å²) in [7, 11) is 0. The van der Waals surface area contributed by atoms with E-state index >= 15 is 0 Å². The van der Waals surface area contributed by atoms with Crippen molar-refractivity contribution in [1.82, 2.24) is 0 Å². The van der Waals surface area contributed by atoms with E-state index < -0.39 is 0 Å². The molecule has 0 amide bonds. The van der Waals surface area contributed by atoms with E-state index in [1.165, 1.54) is 6.07 Å². The van der Waals surface area contributed by atoms with Gasteiger partial charge in [0, 0.05) is 10.9 Å². The van der Waals surface area contributed by atoms with Gasteiger partial charge < -0.3 is 9.52 Å². The number of phenols is 1. The molecule has 0 aliphatic heterocycles. The van der Waals surface area contributed by atoms with E-state index in [0.717, 1.165) is 10.9 Å². The van der Waals surface area contributed by atoms with E-state index in [-0.39, 0.29) is 17.0 Å². The molecule has 2 rings (SSSR count). The fourth-order valence-electron chi connectivity index (χ4n) is 1.81. The molecule has 0 spiro atoms. The van der Waals surface area contributed by atoms with Crippen molar-refractivity contribution in [3.8, 4) is 5.75 Å². The number of fused-ring (bicyclic) bond motifs is 1. The van der Waals surface area contributed by atoms with Crippen molar-refractivity contribution in [3.05, 3.63) is 39.7 Å². The average Bonchev–Trinajstić information content (AvgIpc) is 2.20. The lowest BCUT2D eigenvalue weighted by atomic mass is 10.0. The van der Waals surface area contributed by atoms with Gasteiger partial charge in [0.05, 0.1) is 0 Å². The van der Waals surface area contributed by atoms with Gasteiger partial charge in [-0.2, -0.15) is 0 Å². The number of phenolic OH excluding ortho intramolecular Hbond substituents is 1. The number of benzene rings is 1. The highest BCUT2D eigenvalue weighted by Gasteiger charge is 2.11. The van der Waals surface area contributed by atoms with E-state index in [1.807, 2.05) is 19.9 Å². The highest BCUT2D eigenvalue weighted by Crippen LogP contribution is 2.26.